The molecular formula is C19H17N3O3S. The van der Waals surface area contributed by atoms with E-state index in [1.165, 1.54) is 11.3 Å². The van der Waals surface area contributed by atoms with Gasteiger partial charge in [-0.25, -0.2) is 4.98 Å². The number of rotatable bonds is 6. The van der Waals surface area contributed by atoms with E-state index in [2.05, 4.69) is 15.3 Å². The molecule has 1 aliphatic heterocycles. The normalized spacial score (nSPS) is 12.2. The first-order valence-corrected chi connectivity index (χ1v) is 9.16. The number of thiazole rings is 1. The minimum atomic E-state index is -0.0335. The summed E-state index contributed by atoms with van der Waals surface area (Å²) < 4.78 is 10.7. The van der Waals surface area contributed by atoms with Crippen LogP contribution in [0.3, 0.4) is 0 Å². The van der Waals surface area contributed by atoms with Crippen LogP contribution < -0.4 is 14.8 Å². The van der Waals surface area contributed by atoms with Gasteiger partial charge in [0.25, 0.3) is 0 Å². The van der Waals surface area contributed by atoms with Crippen LogP contribution in [0.2, 0.25) is 0 Å². The molecule has 132 valence electrons. The third kappa shape index (κ3) is 3.83. The van der Waals surface area contributed by atoms with Crippen LogP contribution in [0.25, 0.3) is 10.6 Å². The molecule has 4 rings (SSSR count). The van der Waals surface area contributed by atoms with Gasteiger partial charge in [-0.05, 0) is 36.2 Å². The van der Waals surface area contributed by atoms with Crippen molar-refractivity contribution in [2.75, 3.05) is 13.3 Å². The fourth-order valence-electron chi connectivity index (χ4n) is 2.68. The molecule has 0 fully saturated rings. The first-order valence-electron chi connectivity index (χ1n) is 8.28. The van der Waals surface area contributed by atoms with Crippen molar-refractivity contribution >= 4 is 17.2 Å². The number of ether oxygens (including phenoxy) is 2. The van der Waals surface area contributed by atoms with E-state index in [1.807, 2.05) is 35.7 Å². The van der Waals surface area contributed by atoms with Crippen LogP contribution in [0.4, 0.5) is 0 Å². The van der Waals surface area contributed by atoms with Crippen molar-refractivity contribution in [3.63, 3.8) is 0 Å². The quantitative estimate of drug-likeness (QED) is 0.725. The van der Waals surface area contributed by atoms with Crippen molar-refractivity contribution in [2.24, 2.45) is 0 Å². The molecule has 0 spiro atoms. The van der Waals surface area contributed by atoms with Crippen molar-refractivity contribution in [3.05, 3.63) is 59.4 Å². The van der Waals surface area contributed by atoms with Gasteiger partial charge in [0.2, 0.25) is 12.7 Å². The third-order valence-corrected chi connectivity index (χ3v) is 4.91. The Morgan fingerprint density at radius 1 is 1.23 bits per heavy atom. The Hall–Kier alpha value is -2.93. The van der Waals surface area contributed by atoms with Gasteiger partial charge in [0.1, 0.15) is 5.01 Å². The minimum absolute atomic E-state index is 0.0335. The molecule has 0 aliphatic carbocycles. The molecule has 2 aromatic heterocycles. The molecule has 1 amide bonds. The second-order valence-electron chi connectivity index (χ2n) is 5.85. The largest absolute Gasteiger partial charge is 0.454 e. The highest BCUT2D eigenvalue weighted by Crippen LogP contribution is 2.32. The van der Waals surface area contributed by atoms with Gasteiger partial charge in [0.15, 0.2) is 11.5 Å². The smallest absolute Gasteiger partial charge is 0.231 e. The Bertz CT molecular complexity index is 911. The second kappa shape index (κ2) is 7.53. The Morgan fingerprint density at radius 2 is 2.15 bits per heavy atom. The lowest BCUT2D eigenvalue weighted by atomic mass is 10.1. The number of aromatic nitrogens is 2. The van der Waals surface area contributed by atoms with Crippen LogP contribution in [0.1, 0.15) is 11.3 Å². The lowest BCUT2D eigenvalue weighted by molar-refractivity contribution is -0.120. The molecule has 6 nitrogen and oxygen atoms in total. The number of amides is 1. The highest BCUT2D eigenvalue weighted by molar-refractivity contribution is 7.13. The number of fused-ring (bicyclic) bond motifs is 1. The molecule has 3 aromatic rings. The van der Waals surface area contributed by atoms with E-state index in [0.717, 1.165) is 39.7 Å². The summed E-state index contributed by atoms with van der Waals surface area (Å²) in [5.74, 6) is 1.50. The van der Waals surface area contributed by atoms with Gasteiger partial charge < -0.3 is 14.8 Å². The van der Waals surface area contributed by atoms with Crippen LogP contribution in [0.5, 0.6) is 11.5 Å². The summed E-state index contributed by atoms with van der Waals surface area (Å²) in [5.41, 5.74) is 2.84. The maximum atomic E-state index is 12.1. The molecule has 7 heteroatoms. The molecule has 0 bridgehead atoms. The average Bonchev–Trinajstić information content (AvgIpc) is 3.31. The Morgan fingerprint density at radius 3 is 3.04 bits per heavy atom. The standard InChI is InChI=1S/C19H17N3O3S/c23-18(9-15-11-26-19(22-15)14-2-1-6-20-10-14)21-7-5-13-3-4-16-17(8-13)25-12-24-16/h1-4,6,8,10-11H,5,7,9,12H2,(H,21,23). The fraction of sp³-hybridized carbons (Fsp3) is 0.211. The first kappa shape index (κ1) is 16.5. The maximum absolute atomic E-state index is 12.1. The predicted octanol–water partition coefficient (Wildman–Crippen LogP) is 2.84. The number of carbonyl (C=O) groups excluding carboxylic acids is 1. The molecule has 0 saturated heterocycles. The molecule has 0 atom stereocenters. The van der Waals surface area contributed by atoms with Crippen LogP contribution in [0.15, 0.2) is 48.1 Å². The van der Waals surface area contributed by atoms with Crippen molar-refractivity contribution in [2.45, 2.75) is 12.8 Å². The molecule has 0 saturated carbocycles. The summed E-state index contributed by atoms with van der Waals surface area (Å²) in [5, 5.41) is 5.73. The van der Waals surface area contributed by atoms with E-state index >= 15 is 0 Å². The highest BCUT2D eigenvalue weighted by Gasteiger charge is 2.13. The summed E-state index contributed by atoms with van der Waals surface area (Å²) in [4.78, 5) is 20.7. The van der Waals surface area contributed by atoms with Gasteiger partial charge in [-0.1, -0.05) is 6.07 Å². The maximum Gasteiger partial charge on any atom is 0.231 e. The van der Waals surface area contributed by atoms with E-state index in [-0.39, 0.29) is 19.1 Å². The number of hydrogen-bond donors (Lipinski definition) is 1. The van der Waals surface area contributed by atoms with Gasteiger partial charge in [-0.3, -0.25) is 9.78 Å². The Kier molecular flexibility index (Phi) is 4.79. The molecule has 1 N–H and O–H groups in total. The van der Waals surface area contributed by atoms with Crippen LogP contribution in [-0.4, -0.2) is 29.2 Å². The number of carbonyl (C=O) groups is 1. The highest BCUT2D eigenvalue weighted by atomic mass is 32.1. The summed E-state index contributed by atoms with van der Waals surface area (Å²) in [6.07, 6.45) is 4.51. The number of hydrogen-bond acceptors (Lipinski definition) is 6. The van der Waals surface area contributed by atoms with Gasteiger partial charge in [0.05, 0.1) is 12.1 Å². The van der Waals surface area contributed by atoms with Gasteiger partial charge >= 0.3 is 0 Å². The summed E-state index contributed by atoms with van der Waals surface area (Å²) >= 11 is 1.52. The summed E-state index contributed by atoms with van der Waals surface area (Å²) in [7, 11) is 0. The molecule has 26 heavy (non-hydrogen) atoms. The molecule has 1 aromatic carbocycles. The minimum Gasteiger partial charge on any atom is -0.454 e. The van der Waals surface area contributed by atoms with E-state index in [9.17, 15) is 4.79 Å². The number of pyridine rings is 1. The van der Waals surface area contributed by atoms with E-state index < -0.39 is 0 Å². The van der Waals surface area contributed by atoms with Crippen LogP contribution in [-0.2, 0) is 17.6 Å². The SMILES string of the molecule is O=C(Cc1csc(-c2cccnc2)n1)NCCc1ccc2c(c1)OCO2. The third-order valence-electron chi connectivity index (χ3n) is 3.97. The molecule has 1 aliphatic rings. The van der Waals surface area contributed by atoms with Gasteiger partial charge in [-0.2, -0.15) is 0 Å². The lowest BCUT2D eigenvalue weighted by Gasteiger charge is -2.05. The van der Waals surface area contributed by atoms with Crippen molar-refractivity contribution in [1.29, 1.82) is 0 Å². The van der Waals surface area contributed by atoms with Crippen molar-refractivity contribution in [3.8, 4) is 22.1 Å². The van der Waals surface area contributed by atoms with Gasteiger partial charge in [-0.15, -0.1) is 11.3 Å². The van der Waals surface area contributed by atoms with Gasteiger partial charge in [0, 0.05) is 29.9 Å². The zero-order chi connectivity index (χ0) is 17.8. The average molecular weight is 367 g/mol. The number of nitrogens with one attached hydrogen (secondary N) is 1. The van der Waals surface area contributed by atoms with Crippen molar-refractivity contribution < 1.29 is 14.3 Å². The van der Waals surface area contributed by atoms with Crippen LogP contribution in [0, 0.1) is 0 Å². The Labute approximate surface area is 154 Å². The first-order chi connectivity index (χ1) is 12.8. The molecule has 3 heterocycles. The predicted molar refractivity (Wildman–Crippen MR) is 98.3 cm³/mol. The fourth-order valence-corrected chi connectivity index (χ4v) is 3.49. The summed E-state index contributed by atoms with van der Waals surface area (Å²) in [6.45, 7) is 0.836. The topological polar surface area (TPSA) is 73.3 Å². The van der Waals surface area contributed by atoms with E-state index in [0.29, 0.717) is 6.54 Å². The summed E-state index contributed by atoms with van der Waals surface area (Å²) in [6, 6.07) is 9.67. The van der Waals surface area contributed by atoms with E-state index in [4.69, 9.17) is 9.47 Å². The lowest BCUT2D eigenvalue weighted by Crippen LogP contribution is -2.27. The zero-order valence-corrected chi connectivity index (χ0v) is 14.8. The van der Waals surface area contributed by atoms with Crippen LogP contribution >= 0.6 is 11.3 Å². The monoisotopic (exact) mass is 367 g/mol. The molecular weight excluding hydrogens is 350 g/mol. The number of nitrogens with zero attached hydrogens (tertiary/aromatic N) is 2. The van der Waals surface area contributed by atoms with Crippen molar-refractivity contribution in [1.82, 2.24) is 15.3 Å². The zero-order valence-electron chi connectivity index (χ0n) is 14.0. The number of benzene rings is 1. The Balaban J connectivity index is 1.27. The van der Waals surface area contributed by atoms with E-state index in [1.54, 1.807) is 12.4 Å². The second-order valence-corrected chi connectivity index (χ2v) is 6.71. The molecule has 0 radical (unpaired) electrons. The molecule has 0 unspecified atom stereocenters.